The van der Waals surface area contributed by atoms with Gasteiger partial charge < -0.3 is 4.90 Å². The summed E-state index contributed by atoms with van der Waals surface area (Å²) in [5.74, 6) is 1.02. The Hall–Kier alpha value is -1.65. The predicted molar refractivity (Wildman–Crippen MR) is 81.4 cm³/mol. The summed E-state index contributed by atoms with van der Waals surface area (Å²) in [4.78, 5) is 6.38. The maximum absolute atomic E-state index is 11.8. The molecule has 2 rings (SSSR count). The van der Waals surface area contributed by atoms with Crippen molar-refractivity contribution >= 4 is 15.8 Å². The molecule has 0 spiro atoms. The molecule has 1 aromatic heterocycles. The second kappa shape index (κ2) is 6.87. The van der Waals surface area contributed by atoms with Crippen molar-refractivity contribution in [2.75, 3.05) is 23.7 Å². The molecule has 1 N–H and O–H groups in total. The number of anilines is 1. The van der Waals surface area contributed by atoms with Gasteiger partial charge in [-0.2, -0.15) is 5.26 Å². The van der Waals surface area contributed by atoms with Crippen LogP contribution < -0.4 is 9.62 Å². The number of rotatable bonds is 5. The molecule has 0 amide bonds. The Labute approximate surface area is 125 Å². The Kier molecular flexibility index (Phi) is 5.15. The zero-order chi connectivity index (χ0) is 15.3. The van der Waals surface area contributed by atoms with Crippen molar-refractivity contribution in [1.82, 2.24) is 9.71 Å². The summed E-state index contributed by atoms with van der Waals surface area (Å²) in [5.41, 5.74) is 0.543. The summed E-state index contributed by atoms with van der Waals surface area (Å²) >= 11 is 0. The van der Waals surface area contributed by atoms with Crippen LogP contribution in [0, 0.1) is 11.3 Å². The van der Waals surface area contributed by atoms with E-state index in [2.05, 4.69) is 14.6 Å². The van der Waals surface area contributed by atoms with E-state index < -0.39 is 10.0 Å². The van der Waals surface area contributed by atoms with Crippen LogP contribution in [-0.2, 0) is 10.0 Å². The van der Waals surface area contributed by atoms with E-state index in [-0.39, 0.29) is 11.8 Å². The summed E-state index contributed by atoms with van der Waals surface area (Å²) < 4.78 is 26.3. The largest absolute Gasteiger partial charge is 0.357 e. The highest BCUT2D eigenvalue weighted by Crippen LogP contribution is 2.18. The molecule has 1 fully saturated rings. The first-order valence-electron chi connectivity index (χ1n) is 7.15. The first-order valence-corrected chi connectivity index (χ1v) is 8.80. The molecular weight excluding hydrogens is 288 g/mol. The maximum Gasteiger partial charge on any atom is 0.211 e. The van der Waals surface area contributed by atoms with Crippen molar-refractivity contribution in [3.05, 3.63) is 23.9 Å². The molecule has 2 heterocycles. The smallest absolute Gasteiger partial charge is 0.211 e. The Morgan fingerprint density at radius 1 is 1.43 bits per heavy atom. The topological polar surface area (TPSA) is 86.1 Å². The van der Waals surface area contributed by atoms with Gasteiger partial charge in [-0.1, -0.05) is 6.92 Å². The van der Waals surface area contributed by atoms with E-state index in [0.29, 0.717) is 12.0 Å². The molecule has 1 saturated heterocycles. The number of hydrogen-bond donors (Lipinski definition) is 1. The van der Waals surface area contributed by atoms with E-state index >= 15 is 0 Å². The summed E-state index contributed by atoms with van der Waals surface area (Å²) in [6.07, 6.45) is 3.73. The molecule has 0 aromatic carbocycles. The summed E-state index contributed by atoms with van der Waals surface area (Å²) in [6.45, 7) is 3.38. The van der Waals surface area contributed by atoms with Crippen LogP contribution in [0.3, 0.4) is 0 Å². The van der Waals surface area contributed by atoms with Crippen LogP contribution in [0.5, 0.6) is 0 Å². The van der Waals surface area contributed by atoms with E-state index in [9.17, 15) is 8.42 Å². The van der Waals surface area contributed by atoms with Gasteiger partial charge in [0.05, 0.1) is 11.3 Å². The summed E-state index contributed by atoms with van der Waals surface area (Å²) in [7, 11) is -3.14. The van der Waals surface area contributed by atoms with Gasteiger partial charge in [0.15, 0.2) is 0 Å². The predicted octanol–water partition coefficient (Wildman–Crippen LogP) is 1.25. The fourth-order valence-electron chi connectivity index (χ4n) is 2.45. The third-order valence-electron chi connectivity index (χ3n) is 3.51. The minimum absolute atomic E-state index is 0.0104. The number of pyridine rings is 1. The van der Waals surface area contributed by atoms with Crippen molar-refractivity contribution in [2.24, 2.45) is 0 Å². The zero-order valence-electron chi connectivity index (χ0n) is 12.1. The molecule has 21 heavy (non-hydrogen) atoms. The second-order valence-electron chi connectivity index (χ2n) is 5.21. The van der Waals surface area contributed by atoms with Gasteiger partial charge in [-0.3, -0.25) is 0 Å². The van der Waals surface area contributed by atoms with Gasteiger partial charge in [0.25, 0.3) is 0 Å². The standard InChI is InChI=1S/C14H20N4O2S/c1-2-9-21(19,20)17-13-5-7-18(8-6-13)14-4-3-12(10-15)11-16-14/h3-4,11,13,17H,2,5-9H2,1H3. The lowest BCUT2D eigenvalue weighted by atomic mass is 10.1. The number of aromatic nitrogens is 1. The number of sulfonamides is 1. The van der Waals surface area contributed by atoms with Gasteiger partial charge in [-0.05, 0) is 31.4 Å². The first kappa shape index (κ1) is 15.7. The zero-order valence-corrected chi connectivity index (χ0v) is 12.9. The third-order valence-corrected chi connectivity index (χ3v) is 5.15. The number of piperidine rings is 1. The van der Waals surface area contributed by atoms with Crippen molar-refractivity contribution in [2.45, 2.75) is 32.2 Å². The highest BCUT2D eigenvalue weighted by atomic mass is 32.2. The monoisotopic (exact) mass is 308 g/mol. The average Bonchev–Trinajstić information content (AvgIpc) is 2.48. The van der Waals surface area contributed by atoms with Gasteiger partial charge >= 0.3 is 0 Å². The Bertz CT molecular complexity index is 599. The van der Waals surface area contributed by atoms with Crippen molar-refractivity contribution < 1.29 is 8.42 Å². The molecule has 1 aliphatic rings. The summed E-state index contributed by atoms with van der Waals surface area (Å²) in [5, 5.41) is 8.76. The average molecular weight is 308 g/mol. The molecule has 0 aliphatic carbocycles. The molecule has 0 bridgehead atoms. The molecule has 6 nitrogen and oxygen atoms in total. The molecule has 0 radical (unpaired) electrons. The molecule has 114 valence electrons. The minimum atomic E-state index is -3.14. The third kappa shape index (κ3) is 4.41. The van der Waals surface area contributed by atoms with Crippen LogP contribution in [0.4, 0.5) is 5.82 Å². The van der Waals surface area contributed by atoms with E-state index in [1.54, 1.807) is 12.3 Å². The van der Waals surface area contributed by atoms with E-state index in [1.807, 2.05) is 19.1 Å². The Balaban J connectivity index is 1.89. The fraction of sp³-hybridized carbons (Fsp3) is 0.571. The number of nitrogens with one attached hydrogen (secondary N) is 1. The normalized spacial score (nSPS) is 16.7. The number of nitriles is 1. The second-order valence-corrected chi connectivity index (χ2v) is 7.09. The van der Waals surface area contributed by atoms with Gasteiger partial charge in [0, 0.05) is 25.3 Å². The molecule has 1 aliphatic heterocycles. The quantitative estimate of drug-likeness (QED) is 0.884. The molecule has 7 heteroatoms. The van der Waals surface area contributed by atoms with Crippen molar-refractivity contribution in [1.29, 1.82) is 5.26 Å². The van der Waals surface area contributed by atoms with Crippen LogP contribution in [0.1, 0.15) is 31.7 Å². The maximum atomic E-state index is 11.8. The highest BCUT2D eigenvalue weighted by molar-refractivity contribution is 7.89. The Morgan fingerprint density at radius 3 is 2.67 bits per heavy atom. The van der Waals surface area contributed by atoms with Crippen LogP contribution in [0.2, 0.25) is 0 Å². The number of nitrogens with zero attached hydrogens (tertiary/aromatic N) is 3. The minimum Gasteiger partial charge on any atom is -0.357 e. The SMILES string of the molecule is CCCS(=O)(=O)NC1CCN(c2ccc(C#N)cn2)CC1. The lowest BCUT2D eigenvalue weighted by Gasteiger charge is -2.33. The van der Waals surface area contributed by atoms with Gasteiger partial charge in [-0.25, -0.2) is 18.1 Å². The Morgan fingerprint density at radius 2 is 2.14 bits per heavy atom. The number of hydrogen-bond acceptors (Lipinski definition) is 5. The van der Waals surface area contributed by atoms with Crippen LogP contribution in [-0.4, -0.2) is 38.3 Å². The first-order chi connectivity index (χ1) is 10.0. The fourth-order valence-corrected chi connectivity index (χ4v) is 3.85. The molecule has 0 unspecified atom stereocenters. The van der Waals surface area contributed by atoms with Crippen molar-refractivity contribution in [3.63, 3.8) is 0 Å². The highest BCUT2D eigenvalue weighted by Gasteiger charge is 2.23. The van der Waals surface area contributed by atoms with E-state index in [1.165, 1.54) is 0 Å². The molecular formula is C14H20N4O2S. The molecule has 0 atom stereocenters. The lowest BCUT2D eigenvalue weighted by Crippen LogP contribution is -2.45. The van der Waals surface area contributed by atoms with Gasteiger partial charge in [-0.15, -0.1) is 0 Å². The van der Waals surface area contributed by atoms with Gasteiger partial charge in [0.1, 0.15) is 11.9 Å². The van der Waals surface area contributed by atoms with E-state index in [4.69, 9.17) is 5.26 Å². The molecule has 1 aromatic rings. The summed E-state index contributed by atoms with van der Waals surface area (Å²) in [6, 6.07) is 5.64. The molecule has 0 saturated carbocycles. The van der Waals surface area contributed by atoms with Crippen LogP contribution in [0.25, 0.3) is 0 Å². The van der Waals surface area contributed by atoms with Crippen molar-refractivity contribution in [3.8, 4) is 6.07 Å². The lowest BCUT2D eigenvalue weighted by molar-refractivity contribution is 0.458. The van der Waals surface area contributed by atoms with Crippen LogP contribution >= 0.6 is 0 Å². The van der Waals surface area contributed by atoms with Gasteiger partial charge in [0.2, 0.25) is 10.0 Å². The van der Waals surface area contributed by atoms with E-state index in [0.717, 1.165) is 31.7 Å². The van der Waals surface area contributed by atoms with Crippen LogP contribution in [0.15, 0.2) is 18.3 Å².